The van der Waals surface area contributed by atoms with E-state index in [0.29, 0.717) is 30.7 Å². The zero-order valence-corrected chi connectivity index (χ0v) is 12.5. The van der Waals surface area contributed by atoms with Crippen molar-refractivity contribution < 1.29 is 9.47 Å². The average Bonchev–Trinajstić information content (AvgIpc) is 3.14. The molecule has 3 atom stereocenters. The summed E-state index contributed by atoms with van der Waals surface area (Å²) in [6, 6.07) is 4.23. The van der Waals surface area contributed by atoms with Gasteiger partial charge in [-0.15, -0.1) is 0 Å². The first-order valence-electron chi connectivity index (χ1n) is 7.40. The van der Waals surface area contributed by atoms with Gasteiger partial charge < -0.3 is 20.1 Å². The molecule has 2 bridgehead atoms. The van der Waals surface area contributed by atoms with Gasteiger partial charge in [-0.25, -0.2) is 4.98 Å². The highest BCUT2D eigenvalue weighted by Gasteiger charge is 2.41. The van der Waals surface area contributed by atoms with Gasteiger partial charge in [-0.1, -0.05) is 6.07 Å². The first-order valence-corrected chi connectivity index (χ1v) is 7.40. The first-order chi connectivity index (χ1) is 10.3. The summed E-state index contributed by atoms with van der Waals surface area (Å²) in [6.07, 6.45) is 6.02. The molecular weight excluding hydrogens is 268 g/mol. The van der Waals surface area contributed by atoms with Gasteiger partial charge in [-0.3, -0.25) is 4.99 Å². The molecule has 2 aliphatic rings. The van der Waals surface area contributed by atoms with Crippen LogP contribution in [0.1, 0.15) is 24.8 Å². The predicted octanol–water partition coefficient (Wildman–Crippen LogP) is 1.08. The monoisotopic (exact) mass is 290 g/mol. The zero-order chi connectivity index (χ0) is 14.7. The van der Waals surface area contributed by atoms with E-state index in [4.69, 9.17) is 9.47 Å². The molecule has 1 aromatic rings. The zero-order valence-electron chi connectivity index (χ0n) is 12.5. The van der Waals surface area contributed by atoms with Crippen LogP contribution in [0.25, 0.3) is 0 Å². The Labute approximate surface area is 125 Å². The molecule has 2 aliphatic heterocycles. The number of hydrogen-bond acceptors (Lipinski definition) is 4. The lowest BCUT2D eigenvalue weighted by Gasteiger charge is -2.22. The normalized spacial score (nSPS) is 27.7. The molecule has 0 amide bonds. The molecule has 0 aliphatic carbocycles. The van der Waals surface area contributed by atoms with Crippen molar-refractivity contribution in [2.75, 3.05) is 14.2 Å². The van der Waals surface area contributed by atoms with E-state index in [2.05, 4.69) is 20.6 Å². The summed E-state index contributed by atoms with van der Waals surface area (Å²) in [4.78, 5) is 8.47. The van der Waals surface area contributed by atoms with Crippen molar-refractivity contribution in [1.29, 1.82) is 0 Å². The average molecular weight is 290 g/mol. The number of fused-ring (bicyclic) bond motifs is 2. The van der Waals surface area contributed by atoms with E-state index in [9.17, 15) is 0 Å². The SMILES string of the molecule is CN=C(NCc1ccc(OC)nc1)NC1CC2CCC1O2. The molecule has 6 nitrogen and oxygen atoms in total. The van der Waals surface area contributed by atoms with Crippen LogP contribution in [0.4, 0.5) is 0 Å². The second kappa shape index (κ2) is 6.30. The van der Waals surface area contributed by atoms with Crippen LogP contribution in [0.2, 0.25) is 0 Å². The van der Waals surface area contributed by atoms with E-state index in [0.717, 1.165) is 24.4 Å². The summed E-state index contributed by atoms with van der Waals surface area (Å²) in [7, 11) is 3.40. The lowest BCUT2D eigenvalue weighted by molar-refractivity contribution is 0.0992. The molecule has 21 heavy (non-hydrogen) atoms. The second-order valence-corrected chi connectivity index (χ2v) is 5.50. The molecule has 2 N–H and O–H groups in total. The second-order valence-electron chi connectivity index (χ2n) is 5.50. The van der Waals surface area contributed by atoms with Crippen molar-refractivity contribution in [1.82, 2.24) is 15.6 Å². The molecule has 2 saturated heterocycles. The van der Waals surface area contributed by atoms with Crippen LogP contribution in [0.15, 0.2) is 23.3 Å². The maximum absolute atomic E-state index is 5.85. The van der Waals surface area contributed by atoms with Crippen LogP contribution in [0.3, 0.4) is 0 Å². The summed E-state index contributed by atoms with van der Waals surface area (Å²) >= 11 is 0. The summed E-state index contributed by atoms with van der Waals surface area (Å²) in [5.74, 6) is 1.44. The molecule has 3 unspecified atom stereocenters. The summed E-state index contributed by atoms with van der Waals surface area (Å²) < 4.78 is 10.9. The minimum Gasteiger partial charge on any atom is -0.481 e. The number of hydrogen-bond donors (Lipinski definition) is 2. The molecule has 6 heteroatoms. The number of nitrogens with zero attached hydrogens (tertiary/aromatic N) is 2. The minimum absolute atomic E-state index is 0.344. The van der Waals surface area contributed by atoms with Gasteiger partial charge in [0.05, 0.1) is 25.4 Å². The van der Waals surface area contributed by atoms with Gasteiger partial charge >= 0.3 is 0 Å². The molecule has 0 aromatic carbocycles. The third-order valence-electron chi connectivity index (χ3n) is 4.12. The van der Waals surface area contributed by atoms with E-state index in [-0.39, 0.29) is 0 Å². The van der Waals surface area contributed by atoms with Crippen molar-refractivity contribution in [3.05, 3.63) is 23.9 Å². The fraction of sp³-hybridized carbons (Fsp3) is 0.600. The highest BCUT2D eigenvalue weighted by atomic mass is 16.5. The van der Waals surface area contributed by atoms with E-state index >= 15 is 0 Å². The Hall–Kier alpha value is -1.82. The molecule has 3 rings (SSSR count). The summed E-state index contributed by atoms with van der Waals surface area (Å²) in [5.41, 5.74) is 1.09. The highest BCUT2D eigenvalue weighted by Crippen LogP contribution is 2.34. The van der Waals surface area contributed by atoms with E-state index in [1.165, 1.54) is 6.42 Å². The Morgan fingerprint density at radius 1 is 1.48 bits per heavy atom. The van der Waals surface area contributed by atoms with Crippen LogP contribution in [0, 0.1) is 0 Å². The molecule has 3 heterocycles. The van der Waals surface area contributed by atoms with Crippen molar-refractivity contribution in [3.63, 3.8) is 0 Å². The molecule has 0 spiro atoms. The van der Waals surface area contributed by atoms with Crippen molar-refractivity contribution >= 4 is 5.96 Å². The van der Waals surface area contributed by atoms with Crippen LogP contribution < -0.4 is 15.4 Å². The molecule has 114 valence electrons. The predicted molar refractivity (Wildman–Crippen MR) is 80.4 cm³/mol. The Morgan fingerprint density at radius 3 is 2.95 bits per heavy atom. The van der Waals surface area contributed by atoms with Crippen molar-refractivity contribution in [3.8, 4) is 5.88 Å². The number of aromatic nitrogens is 1. The lowest BCUT2D eigenvalue weighted by atomic mass is 9.96. The number of rotatable bonds is 4. The standard InChI is InChI=1S/C15H22N4O2/c1-16-15(19-12-7-11-4-5-13(12)21-11)18-9-10-3-6-14(20-2)17-8-10/h3,6,8,11-13H,4-5,7,9H2,1-2H3,(H2,16,18,19). The van der Waals surface area contributed by atoms with Gasteiger partial charge in [0.15, 0.2) is 5.96 Å². The third kappa shape index (κ3) is 3.26. The number of nitrogens with one attached hydrogen (secondary N) is 2. The van der Waals surface area contributed by atoms with Crippen LogP contribution in [-0.2, 0) is 11.3 Å². The summed E-state index contributed by atoms with van der Waals surface area (Å²) in [6.45, 7) is 0.679. The largest absolute Gasteiger partial charge is 0.481 e. The van der Waals surface area contributed by atoms with Gasteiger partial charge in [-0.05, 0) is 24.8 Å². The van der Waals surface area contributed by atoms with Crippen molar-refractivity contribution in [2.45, 2.75) is 44.1 Å². The number of pyridine rings is 1. The fourth-order valence-corrected chi connectivity index (χ4v) is 2.98. The summed E-state index contributed by atoms with van der Waals surface area (Å²) in [5, 5.41) is 6.77. The third-order valence-corrected chi connectivity index (χ3v) is 4.12. The van der Waals surface area contributed by atoms with Crippen LogP contribution in [-0.4, -0.2) is 43.4 Å². The molecule has 2 fully saturated rings. The van der Waals surface area contributed by atoms with E-state index in [1.807, 2.05) is 12.1 Å². The molecule has 0 radical (unpaired) electrons. The lowest BCUT2D eigenvalue weighted by Crippen LogP contribution is -2.47. The number of methoxy groups -OCH3 is 1. The van der Waals surface area contributed by atoms with Crippen LogP contribution in [0.5, 0.6) is 5.88 Å². The smallest absolute Gasteiger partial charge is 0.212 e. The molecule has 0 saturated carbocycles. The van der Waals surface area contributed by atoms with Gasteiger partial charge in [0.2, 0.25) is 5.88 Å². The molecular formula is C15H22N4O2. The number of aliphatic imine (C=N–C) groups is 1. The van der Waals surface area contributed by atoms with E-state index < -0.39 is 0 Å². The van der Waals surface area contributed by atoms with Gasteiger partial charge in [0.1, 0.15) is 0 Å². The first kappa shape index (κ1) is 14.1. The minimum atomic E-state index is 0.344. The Morgan fingerprint density at radius 2 is 2.38 bits per heavy atom. The Bertz CT molecular complexity index is 503. The van der Waals surface area contributed by atoms with E-state index in [1.54, 1.807) is 20.4 Å². The molecule has 1 aromatic heterocycles. The maximum Gasteiger partial charge on any atom is 0.212 e. The quantitative estimate of drug-likeness (QED) is 0.641. The number of ether oxygens (including phenoxy) is 2. The van der Waals surface area contributed by atoms with Gasteiger partial charge in [0.25, 0.3) is 0 Å². The fourth-order valence-electron chi connectivity index (χ4n) is 2.98. The Kier molecular flexibility index (Phi) is 4.24. The van der Waals surface area contributed by atoms with Crippen LogP contribution >= 0.6 is 0 Å². The van der Waals surface area contributed by atoms with Gasteiger partial charge in [0, 0.05) is 25.9 Å². The topological polar surface area (TPSA) is 67.8 Å². The Balaban J connectivity index is 1.50. The highest BCUT2D eigenvalue weighted by molar-refractivity contribution is 5.80. The van der Waals surface area contributed by atoms with Crippen molar-refractivity contribution in [2.24, 2.45) is 4.99 Å². The van der Waals surface area contributed by atoms with Gasteiger partial charge in [-0.2, -0.15) is 0 Å². The maximum atomic E-state index is 5.85. The number of guanidine groups is 1.